The van der Waals surface area contributed by atoms with Crippen LogP contribution in [-0.2, 0) is 4.74 Å². The van der Waals surface area contributed by atoms with Gasteiger partial charge in [0.05, 0.1) is 13.2 Å². The van der Waals surface area contributed by atoms with E-state index in [9.17, 15) is 4.79 Å². The van der Waals surface area contributed by atoms with E-state index in [4.69, 9.17) is 4.74 Å². The standard InChI is InChI=1S/C12H15NO2S/c1-16-12(14)10-2-4-11(5-3-10)13-6-8-15-9-7-13/h2-5H,6-9H2,1H3. The molecule has 0 bridgehead atoms. The van der Waals surface area contributed by atoms with Gasteiger partial charge in [0.1, 0.15) is 0 Å². The zero-order valence-electron chi connectivity index (χ0n) is 9.31. The van der Waals surface area contributed by atoms with Crippen LogP contribution in [-0.4, -0.2) is 37.7 Å². The van der Waals surface area contributed by atoms with Gasteiger partial charge in [-0.1, -0.05) is 11.8 Å². The minimum Gasteiger partial charge on any atom is -0.378 e. The van der Waals surface area contributed by atoms with Crippen LogP contribution in [0.15, 0.2) is 24.3 Å². The molecule has 0 unspecified atom stereocenters. The van der Waals surface area contributed by atoms with E-state index in [0.29, 0.717) is 0 Å². The van der Waals surface area contributed by atoms with Gasteiger partial charge in [-0.2, -0.15) is 0 Å². The summed E-state index contributed by atoms with van der Waals surface area (Å²) in [5.74, 6) is 0. The lowest BCUT2D eigenvalue weighted by Crippen LogP contribution is -2.36. The van der Waals surface area contributed by atoms with Crippen molar-refractivity contribution < 1.29 is 9.53 Å². The number of benzene rings is 1. The Bertz CT molecular complexity index is 358. The van der Waals surface area contributed by atoms with E-state index in [-0.39, 0.29) is 5.12 Å². The predicted molar refractivity (Wildman–Crippen MR) is 67.3 cm³/mol. The predicted octanol–water partition coefficient (Wildman–Crippen LogP) is 2.03. The third-order valence-electron chi connectivity index (χ3n) is 2.66. The summed E-state index contributed by atoms with van der Waals surface area (Å²) in [6.07, 6.45) is 1.80. The van der Waals surface area contributed by atoms with Gasteiger partial charge in [-0.05, 0) is 30.5 Å². The summed E-state index contributed by atoms with van der Waals surface area (Å²) in [6, 6.07) is 7.80. The van der Waals surface area contributed by atoms with Crippen LogP contribution in [0.1, 0.15) is 10.4 Å². The van der Waals surface area contributed by atoms with Crippen LogP contribution in [0.3, 0.4) is 0 Å². The van der Waals surface area contributed by atoms with Gasteiger partial charge < -0.3 is 9.64 Å². The molecule has 3 nitrogen and oxygen atoms in total. The molecule has 2 rings (SSSR count). The molecular formula is C12H15NO2S. The summed E-state index contributed by atoms with van der Waals surface area (Å²) in [5, 5.41) is 0.119. The highest BCUT2D eigenvalue weighted by atomic mass is 32.2. The Kier molecular flexibility index (Phi) is 3.85. The molecule has 0 radical (unpaired) electrons. The molecule has 0 atom stereocenters. The minimum atomic E-state index is 0.119. The van der Waals surface area contributed by atoms with Crippen molar-refractivity contribution in [3.8, 4) is 0 Å². The molecule has 1 aromatic rings. The number of hydrogen-bond donors (Lipinski definition) is 0. The fourth-order valence-electron chi connectivity index (χ4n) is 1.75. The summed E-state index contributed by atoms with van der Waals surface area (Å²) in [5.41, 5.74) is 1.94. The van der Waals surface area contributed by atoms with Crippen molar-refractivity contribution in [1.29, 1.82) is 0 Å². The zero-order valence-corrected chi connectivity index (χ0v) is 10.1. The average Bonchev–Trinajstić information content (AvgIpc) is 2.39. The van der Waals surface area contributed by atoms with Crippen LogP contribution in [0.5, 0.6) is 0 Å². The fraction of sp³-hybridized carbons (Fsp3) is 0.417. The number of ether oxygens (including phenoxy) is 1. The number of anilines is 1. The SMILES string of the molecule is CSC(=O)c1ccc(N2CCOCC2)cc1. The first-order valence-corrected chi connectivity index (χ1v) is 6.55. The summed E-state index contributed by atoms with van der Waals surface area (Å²) in [4.78, 5) is 13.7. The normalized spacial score (nSPS) is 16.2. The van der Waals surface area contributed by atoms with Gasteiger partial charge in [-0.25, -0.2) is 0 Å². The third-order valence-corrected chi connectivity index (χ3v) is 3.27. The van der Waals surface area contributed by atoms with Gasteiger partial charge in [0.2, 0.25) is 5.12 Å². The van der Waals surface area contributed by atoms with Crippen LogP contribution in [0.2, 0.25) is 0 Å². The molecule has 0 saturated carbocycles. The molecule has 0 aliphatic carbocycles. The van der Waals surface area contributed by atoms with Crippen LogP contribution in [0.25, 0.3) is 0 Å². The molecule has 1 heterocycles. The van der Waals surface area contributed by atoms with Crippen molar-refractivity contribution in [2.45, 2.75) is 0 Å². The summed E-state index contributed by atoms with van der Waals surface area (Å²) >= 11 is 1.25. The van der Waals surface area contributed by atoms with Gasteiger partial charge in [0.25, 0.3) is 0 Å². The van der Waals surface area contributed by atoms with Gasteiger partial charge in [0, 0.05) is 24.3 Å². The highest BCUT2D eigenvalue weighted by Gasteiger charge is 2.11. The molecule has 1 aromatic carbocycles. The highest BCUT2D eigenvalue weighted by molar-refractivity contribution is 8.13. The molecule has 0 aromatic heterocycles. The summed E-state index contributed by atoms with van der Waals surface area (Å²) < 4.78 is 5.30. The Hall–Kier alpha value is -1.00. The topological polar surface area (TPSA) is 29.5 Å². The maximum atomic E-state index is 11.4. The molecule has 16 heavy (non-hydrogen) atoms. The molecule has 4 heteroatoms. The van der Waals surface area contributed by atoms with E-state index in [1.807, 2.05) is 24.3 Å². The van der Waals surface area contributed by atoms with Crippen molar-refractivity contribution >= 4 is 22.6 Å². The smallest absolute Gasteiger partial charge is 0.219 e. The van der Waals surface area contributed by atoms with E-state index in [1.165, 1.54) is 17.4 Å². The number of nitrogens with zero attached hydrogens (tertiary/aromatic N) is 1. The zero-order chi connectivity index (χ0) is 11.4. The van der Waals surface area contributed by atoms with Crippen molar-refractivity contribution in [1.82, 2.24) is 0 Å². The Morgan fingerprint density at radius 2 is 1.88 bits per heavy atom. The fourth-order valence-corrected chi connectivity index (χ4v) is 2.12. The Labute approximate surface area is 99.8 Å². The lowest BCUT2D eigenvalue weighted by atomic mass is 10.2. The van der Waals surface area contributed by atoms with Crippen molar-refractivity contribution in [2.75, 3.05) is 37.5 Å². The van der Waals surface area contributed by atoms with E-state index < -0.39 is 0 Å². The van der Waals surface area contributed by atoms with Crippen LogP contribution >= 0.6 is 11.8 Å². The van der Waals surface area contributed by atoms with Crippen molar-refractivity contribution in [2.24, 2.45) is 0 Å². The van der Waals surface area contributed by atoms with Gasteiger partial charge >= 0.3 is 0 Å². The number of rotatable bonds is 2. The summed E-state index contributed by atoms with van der Waals surface area (Å²) in [7, 11) is 0. The third kappa shape index (κ3) is 2.57. The highest BCUT2D eigenvalue weighted by Crippen LogP contribution is 2.18. The van der Waals surface area contributed by atoms with Gasteiger partial charge in [0.15, 0.2) is 0 Å². The minimum absolute atomic E-state index is 0.119. The second-order valence-electron chi connectivity index (χ2n) is 3.64. The molecule has 0 N–H and O–H groups in total. The molecule has 0 amide bonds. The summed E-state index contributed by atoms with van der Waals surface area (Å²) in [6.45, 7) is 3.42. The molecule has 86 valence electrons. The lowest BCUT2D eigenvalue weighted by Gasteiger charge is -2.28. The maximum Gasteiger partial charge on any atom is 0.219 e. The Balaban J connectivity index is 2.09. The first-order chi connectivity index (χ1) is 7.81. The van der Waals surface area contributed by atoms with Crippen LogP contribution in [0.4, 0.5) is 5.69 Å². The Morgan fingerprint density at radius 3 is 2.44 bits per heavy atom. The molecule has 0 spiro atoms. The first kappa shape index (κ1) is 11.5. The quantitative estimate of drug-likeness (QED) is 0.787. The Morgan fingerprint density at radius 1 is 1.25 bits per heavy atom. The molecule has 1 fully saturated rings. The van der Waals surface area contributed by atoms with Crippen molar-refractivity contribution in [3.63, 3.8) is 0 Å². The second kappa shape index (κ2) is 5.37. The van der Waals surface area contributed by atoms with E-state index in [1.54, 1.807) is 6.26 Å². The molecule has 1 aliphatic rings. The molecular weight excluding hydrogens is 222 g/mol. The van der Waals surface area contributed by atoms with E-state index in [2.05, 4.69) is 4.90 Å². The van der Waals surface area contributed by atoms with E-state index in [0.717, 1.165) is 31.9 Å². The van der Waals surface area contributed by atoms with Crippen LogP contribution < -0.4 is 4.90 Å². The van der Waals surface area contributed by atoms with E-state index >= 15 is 0 Å². The number of carbonyl (C=O) groups is 1. The monoisotopic (exact) mass is 237 g/mol. The average molecular weight is 237 g/mol. The largest absolute Gasteiger partial charge is 0.378 e. The number of carbonyl (C=O) groups excluding carboxylic acids is 1. The first-order valence-electron chi connectivity index (χ1n) is 5.32. The number of morpholine rings is 1. The second-order valence-corrected chi connectivity index (χ2v) is 4.42. The van der Waals surface area contributed by atoms with Gasteiger partial charge in [-0.3, -0.25) is 4.79 Å². The van der Waals surface area contributed by atoms with Crippen LogP contribution in [0, 0.1) is 0 Å². The number of thioether (sulfide) groups is 1. The molecule has 1 saturated heterocycles. The van der Waals surface area contributed by atoms with Gasteiger partial charge in [-0.15, -0.1) is 0 Å². The number of hydrogen-bond acceptors (Lipinski definition) is 4. The maximum absolute atomic E-state index is 11.4. The van der Waals surface area contributed by atoms with Crippen molar-refractivity contribution in [3.05, 3.63) is 29.8 Å². The molecule has 1 aliphatic heterocycles. The lowest BCUT2D eigenvalue weighted by molar-refractivity contribution is 0.108.